The number of nitrogens with zero attached hydrogens (tertiary/aromatic N) is 2. The fraction of sp³-hybridized carbons (Fsp3) is 0.435. The van der Waals surface area contributed by atoms with Gasteiger partial charge in [-0.05, 0) is 29.8 Å². The van der Waals surface area contributed by atoms with Gasteiger partial charge < -0.3 is 24.4 Å². The van der Waals surface area contributed by atoms with E-state index in [2.05, 4.69) is 39.4 Å². The molecule has 0 spiro atoms. The van der Waals surface area contributed by atoms with Gasteiger partial charge in [-0.15, -0.1) is 0 Å². The summed E-state index contributed by atoms with van der Waals surface area (Å²) in [5.41, 5.74) is 2.33. The van der Waals surface area contributed by atoms with E-state index in [0.717, 1.165) is 18.8 Å². The predicted molar refractivity (Wildman–Crippen MR) is 117 cm³/mol. The molecule has 0 bridgehead atoms. The number of morpholine rings is 1. The second-order valence-electron chi connectivity index (χ2n) is 7.42. The van der Waals surface area contributed by atoms with Crippen molar-refractivity contribution in [2.45, 2.75) is 6.04 Å². The van der Waals surface area contributed by atoms with E-state index >= 15 is 0 Å². The molecular weight excluding hydrogens is 382 g/mol. The maximum absolute atomic E-state index is 12.4. The first-order chi connectivity index (χ1) is 14.6. The van der Waals surface area contributed by atoms with Crippen molar-refractivity contribution in [3.8, 4) is 11.5 Å². The molecule has 1 heterocycles. The number of rotatable bonds is 9. The molecule has 162 valence electrons. The SMILES string of the molecule is COc1cccc(OCC(=O)NC[C@@H](c2ccc(N(C)C)cc2)N2CCOCC2)c1. The van der Waals surface area contributed by atoms with Crippen LogP contribution >= 0.6 is 0 Å². The van der Waals surface area contributed by atoms with Gasteiger partial charge in [0.05, 0.1) is 26.4 Å². The van der Waals surface area contributed by atoms with Gasteiger partial charge in [-0.2, -0.15) is 0 Å². The standard InChI is InChI=1S/C23H31N3O4/c1-25(2)19-9-7-18(8-10-19)22(26-11-13-29-14-12-26)16-24-23(27)17-30-21-6-4-5-20(15-21)28-3/h4-10,15,22H,11-14,16-17H2,1-3H3,(H,24,27)/t22-/m0/s1. The van der Waals surface area contributed by atoms with Gasteiger partial charge in [-0.1, -0.05) is 18.2 Å². The lowest BCUT2D eigenvalue weighted by atomic mass is 10.0. The Kier molecular flexibility index (Phi) is 7.93. The maximum Gasteiger partial charge on any atom is 0.258 e. The van der Waals surface area contributed by atoms with Crippen molar-refractivity contribution in [3.05, 3.63) is 54.1 Å². The Morgan fingerprint density at radius 1 is 1.13 bits per heavy atom. The van der Waals surface area contributed by atoms with Crippen LogP contribution in [0, 0.1) is 0 Å². The summed E-state index contributed by atoms with van der Waals surface area (Å²) in [6, 6.07) is 15.8. The molecule has 1 saturated heterocycles. The average molecular weight is 414 g/mol. The lowest BCUT2D eigenvalue weighted by molar-refractivity contribution is -0.123. The minimum atomic E-state index is -0.152. The third kappa shape index (κ3) is 6.11. The number of nitrogens with one attached hydrogen (secondary N) is 1. The number of methoxy groups -OCH3 is 1. The fourth-order valence-corrected chi connectivity index (χ4v) is 3.44. The zero-order valence-electron chi connectivity index (χ0n) is 18.0. The van der Waals surface area contributed by atoms with Gasteiger partial charge >= 0.3 is 0 Å². The van der Waals surface area contributed by atoms with Crippen LogP contribution in [-0.2, 0) is 9.53 Å². The zero-order chi connectivity index (χ0) is 21.3. The van der Waals surface area contributed by atoms with Gasteiger partial charge in [0.2, 0.25) is 0 Å². The van der Waals surface area contributed by atoms with Crippen molar-refractivity contribution >= 4 is 11.6 Å². The highest BCUT2D eigenvalue weighted by molar-refractivity contribution is 5.77. The summed E-state index contributed by atoms with van der Waals surface area (Å²) in [5.74, 6) is 1.15. The second-order valence-corrected chi connectivity index (χ2v) is 7.42. The number of hydrogen-bond donors (Lipinski definition) is 1. The van der Waals surface area contributed by atoms with Crippen LogP contribution in [0.2, 0.25) is 0 Å². The second kappa shape index (κ2) is 10.8. The Hall–Kier alpha value is -2.77. The number of hydrogen-bond acceptors (Lipinski definition) is 6. The summed E-state index contributed by atoms with van der Waals surface area (Å²) >= 11 is 0. The molecule has 3 rings (SSSR count). The fourth-order valence-electron chi connectivity index (χ4n) is 3.44. The molecule has 1 fully saturated rings. The Labute approximate surface area is 178 Å². The number of carbonyl (C=O) groups is 1. The highest BCUT2D eigenvalue weighted by Crippen LogP contribution is 2.24. The third-order valence-electron chi connectivity index (χ3n) is 5.18. The molecule has 1 aliphatic rings. The molecule has 0 radical (unpaired) electrons. The van der Waals surface area contributed by atoms with Crippen LogP contribution in [0.4, 0.5) is 5.69 Å². The molecule has 1 aliphatic heterocycles. The first-order valence-electron chi connectivity index (χ1n) is 10.2. The molecule has 0 aromatic heterocycles. The molecule has 0 aliphatic carbocycles. The Balaban J connectivity index is 1.60. The third-order valence-corrected chi connectivity index (χ3v) is 5.18. The van der Waals surface area contributed by atoms with E-state index in [1.54, 1.807) is 19.2 Å². The summed E-state index contributed by atoms with van der Waals surface area (Å²) in [6.45, 7) is 3.58. The minimum absolute atomic E-state index is 0.0391. The van der Waals surface area contributed by atoms with Crippen LogP contribution in [0.5, 0.6) is 11.5 Å². The molecule has 1 amide bonds. The predicted octanol–water partition coefficient (Wildman–Crippen LogP) is 2.33. The van der Waals surface area contributed by atoms with Gasteiger partial charge in [-0.3, -0.25) is 9.69 Å². The van der Waals surface area contributed by atoms with Gasteiger partial charge in [0, 0.05) is 45.5 Å². The summed E-state index contributed by atoms with van der Waals surface area (Å²) in [5, 5.41) is 3.03. The summed E-state index contributed by atoms with van der Waals surface area (Å²) in [7, 11) is 5.65. The van der Waals surface area contributed by atoms with Crippen molar-refractivity contribution in [2.75, 3.05) is 65.6 Å². The minimum Gasteiger partial charge on any atom is -0.497 e. The van der Waals surface area contributed by atoms with Crippen LogP contribution in [0.25, 0.3) is 0 Å². The highest BCUT2D eigenvalue weighted by Gasteiger charge is 2.23. The van der Waals surface area contributed by atoms with Crippen LogP contribution in [0.3, 0.4) is 0 Å². The Morgan fingerprint density at radius 2 is 1.83 bits per heavy atom. The quantitative estimate of drug-likeness (QED) is 0.681. The van der Waals surface area contributed by atoms with E-state index in [9.17, 15) is 4.79 Å². The van der Waals surface area contributed by atoms with Crippen LogP contribution in [0.1, 0.15) is 11.6 Å². The lowest BCUT2D eigenvalue weighted by Gasteiger charge is -2.35. The van der Waals surface area contributed by atoms with Crippen molar-refractivity contribution in [3.63, 3.8) is 0 Å². The molecule has 1 atom stereocenters. The van der Waals surface area contributed by atoms with Crippen molar-refractivity contribution < 1.29 is 19.0 Å². The summed E-state index contributed by atoms with van der Waals surface area (Å²) in [4.78, 5) is 16.8. The first-order valence-corrected chi connectivity index (χ1v) is 10.2. The van der Waals surface area contributed by atoms with E-state index in [0.29, 0.717) is 31.3 Å². The van der Waals surface area contributed by atoms with Crippen molar-refractivity contribution in [2.24, 2.45) is 0 Å². The molecule has 7 heteroatoms. The number of benzene rings is 2. The molecule has 0 saturated carbocycles. The lowest BCUT2D eigenvalue weighted by Crippen LogP contribution is -2.44. The summed E-state index contributed by atoms with van der Waals surface area (Å²) in [6.07, 6.45) is 0. The van der Waals surface area contributed by atoms with E-state index in [-0.39, 0.29) is 18.6 Å². The molecule has 2 aromatic rings. The Morgan fingerprint density at radius 3 is 2.50 bits per heavy atom. The Bertz CT molecular complexity index is 804. The van der Waals surface area contributed by atoms with Gasteiger partial charge in [0.25, 0.3) is 5.91 Å². The summed E-state index contributed by atoms with van der Waals surface area (Å²) < 4.78 is 16.3. The molecule has 7 nitrogen and oxygen atoms in total. The van der Waals surface area contributed by atoms with E-state index in [1.165, 1.54) is 5.56 Å². The smallest absolute Gasteiger partial charge is 0.258 e. The molecule has 0 unspecified atom stereocenters. The monoisotopic (exact) mass is 413 g/mol. The van der Waals surface area contributed by atoms with Crippen molar-refractivity contribution in [1.82, 2.24) is 10.2 Å². The largest absolute Gasteiger partial charge is 0.497 e. The van der Waals surface area contributed by atoms with Crippen LogP contribution in [0.15, 0.2) is 48.5 Å². The molecular formula is C23H31N3O4. The van der Waals surface area contributed by atoms with Crippen LogP contribution < -0.4 is 19.7 Å². The number of amides is 1. The number of ether oxygens (including phenoxy) is 3. The van der Waals surface area contributed by atoms with E-state index < -0.39 is 0 Å². The van der Waals surface area contributed by atoms with Crippen LogP contribution in [-0.4, -0.2) is 71.5 Å². The number of carbonyl (C=O) groups excluding carboxylic acids is 1. The van der Waals surface area contributed by atoms with Gasteiger partial charge in [0.1, 0.15) is 11.5 Å². The van der Waals surface area contributed by atoms with Gasteiger partial charge in [-0.25, -0.2) is 0 Å². The van der Waals surface area contributed by atoms with Crippen molar-refractivity contribution in [1.29, 1.82) is 0 Å². The molecule has 2 aromatic carbocycles. The zero-order valence-corrected chi connectivity index (χ0v) is 18.0. The normalized spacial score (nSPS) is 15.3. The topological polar surface area (TPSA) is 63.3 Å². The van der Waals surface area contributed by atoms with Gasteiger partial charge in [0.15, 0.2) is 6.61 Å². The average Bonchev–Trinajstić information content (AvgIpc) is 2.79. The molecule has 1 N–H and O–H groups in total. The first kappa shape index (κ1) is 21.9. The maximum atomic E-state index is 12.4. The molecule has 30 heavy (non-hydrogen) atoms. The van der Waals surface area contributed by atoms with E-state index in [4.69, 9.17) is 14.2 Å². The highest BCUT2D eigenvalue weighted by atomic mass is 16.5. The van der Waals surface area contributed by atoms with E-state index in [1.807, 2.05) is 26.2 Å². The number of anilines is 1.